The number of methoxy groups -OCH3 is 1. The van der Waals surface area contributed by atoms with Crippen molar-refractivity contribution in [3.05, 3.63) is 28.8 Å². The van der Waals surface area contributed by atoms with Crippen molar-refractivity contribution in [1.82, 2.24) is 5.43 Å². The Hall–Kier alpha value is -1.55. The normalized spacial score (nSPS) is 16.5. The molecule has 0 atom stereocenters. The van der Waals surface area contributed by atoms with Crippen molar-refractivity contribution in [3.63, 3.8) is 0 Å². The van der Waals surface area contributed by atoms with Gasteiger partial charge in [0.1, 0.15) is 5.75 Å². The fourth-order valence-corrected chi connectivity index (χ4v) is 2.42. The van der Waals surface area contributed by atoms with Crippen LogP contribution in [0.4, 0.5) is 0 Å². The van der Waals surface area contributed by atoms with Crippen LogP contribution in [0.15, 0.2) is 12.1 Å². The molecule has 4 heteroatoms. The van der Waals surface area contributed by atoms with Crippen molar-refractivity contribution >= 4 is 5.91 Å². The molecule has 0 aromatic heterocycles. The van der Waals surface area contributed by atoms with Gasteiger partial charge in [-0.25, -0.2) is 5.84 Å². The van der Waals surface area contributed by atoms with Gasteiger partial charge in [0.05, 0.1) is 12.5 Å². The zero-order valence-electron chi connectivity index (χ0n) is 10.5. The quantitative estimate of drug-likeness (QED) is 0.471. The van der Waals surface area contributed by atoms with Gasteiger partial charge in [0.15, 0.2) is 0 Å². The Bertz CT molecular complexity index is 465. The molecule has 2 rings (SSSR count). The maximum absolute atomic E-state index is 11.8. The fraction of sp³-hybridized carbons (Fsp3) is 0.462. The van der Waals surface area contributed by atoms with Crippen LogP contribution in [0.1, 0.15) is 29.5 Å². The molecular weight excluding hydrogens is 216 g/mol. The van der Waals surface area contributed by atoms with Crippen molar-refractivity contribution < 1.29 is 9.53 Å². The molecule has 0 spiro atoms. The van der Waals surface area contributed by atoms with E-state index in [1.165, 1.54) is 0 Å². The lowest BCUT2D eigenvalue weighted by Crippen LogP contribution is -2.39. The first-order chi connectivity index (χ1) is 8.06. The van der Waals surface area contributed by atoms with E-state index in [1.807, 2.05) is 26.0 Å². The van der Waals surface area contributed by atoms with E-state index in [0.717, 1.165) is 35.3 Å². The van der Waals surface area contributed by atoms with Gasteiger partial charge in [0.2, 0.25) is 5.91 Å². The second-order valence-electron chi connectivity index (χ2n) is 4.62. The van der Waals surface area contributed by atoms with E-state index in [1.54, 1.807) is 7.11 Å². The van der Waals surface area contributed by atoms with Crippen molar-refractivity contribution in [2.75, 3.05) is 7.11 Å². The average Bonchev–Trinajstić information content (AvgIpc) is 3.13. The number of hydrogen-bond donors (Lipinski definition) is 2. The summed E-state index contributed by atoms with van der Waals surface area (Å²) in [6.07, 6.45) is 1.73. The summed E-state index contributed by atoms with van der Waals surface area (Å²) in [4.78, 5) is 11.8. The summed E-state index contributed by atoms with van der Waals surface area (Å²) >= 11 is 0. The maximum Gasteiger partial charge on any atom is 0.244 e. The van der Waals surface area contributed by atoms with Gasteiger partial charge >= 0.3 is 0 Å². The predicted octanol–water partition coefficient (Wildman–Crippen LogP) is 1.33. The highest BCUT2D eigenvalue weighted by molar-refractivity contribution is 5.91. The summed E-state index contributed by atoms with van der Waals surface area (Å²) in [5, 5.41) is 0. The van der Waals surface area contributed by atoms with Crippen LogP contribution in [0.2, 0.25) is 0 Å². The minimum absolute atomic E-state index is 0.0924. The first-order valence-corrected chi connectivity index (χ1v) is 5.72. The highest BCUT2D eigenvalue weighted by atomic mass is 16.5. The molecule has 3 N–H and O–H groups in total. The third-order valence-corrected chi connectivity index (χ3v) is 3.79. The molecule has 1 fully saturated rings. The van der Waals surface area contributed by atoms with Crippen molar-refractivity contribution in [2.45, 2.75) is 32.1 Å². The SMILES string of the molecule is COc1ccc(C2(C(=O)NN)CC2)c(C)c1C. The Morgan fingerprint density at radius 2 is 2.00 bits per heavy atom. The van der Waals surface area contributed by atoms with Crippen LogP contribution in [-0.4, -0.2) is 13.0 Å². The molecule has 0 unspecified atom stereocenters. The summed E-state index contributed by atoms with van der Waals surface area (Å²) in [5.41, 5.74) is 5.13. The average molecular weight is 234 g/mol. The Balaban J connectivity index is 2.48. The molecule has 4 nitrogen and oxygen atoms in total. The standard InChI is InChI=1S/C13H18N2O2/c1-8-9(2)11(17-3)5-4-10(8)13(6-7-13)12(16)15-14/h4-5H,6-7,14H2,1-3H3,(H,15,16). The van der Waals surface area contributed by atoms with Crippen LogP contribution in [-0.2, 0) is 10.2 Å². The summed E-state index contributed by atoms with van der Waals surface area (Å²) in [5.74, 6) is 6.02. The molecule has 1 aliphatic carbocycles. The van der Waals surface area contributed by atoms with Gasteiger partial charge in [-0.2, -0.15) is 0 Å². The number of hydrogen-bond acceptors (Lipinski definition) is 3. The molecule has 1 amide bonds. The lowest BCUT2D eigenvalue weighted by Gasteiger charge is -2.19. The molecule has 0 bridgehead atoms. The molecule has 0 heterocycles. The van der Waals surface area contributed by atoms with Crippen LogP contribution in [0.3, 0.4) is 0 Å². The number of nitrogens with two attached hydrogens (primary N) is 1. The van der Waals surface area contributed by atoms with E-state index in [-0.39, 0.29) is 5.91 Å². The Morgan fingerprint density at radius 3 is 2.47 bits per heavy atom. The predicted molar refractivity (Wildman–Crippen MR) is 65.7 cm³/mol. The van der Waals surface area contributed by atoms with Gasteiger partial charge in [-0.3, -0.25) is 10.2 Å². The molecule has 0 saturated heterocycles. The number of carbonyl (C=O) groups is 1. The highest BCUT2D eigenvalue weighted by Crippen LogP contribution is 2.50. The Kier molecular flexibility index (Phi) is 2.83. The van der Waals surface area contributed by atoms with Crippen molar-refractivity contribution in [3.8, 4) is 5.75 Å². The summed E-state index contributed by atoms with van der Waals surface area (Å²) < 4.78 is 5.28. The smallest absolute Gasteiger partial charge is 0.244 e. The highest BCUT2D eigenvalue weighted by Gasteiger charge is 2.52. The van der Waals surface area contributed by atoms with E-state index in [4.69, 9.17) is 10.6 Å². The van der Waals surface area contributed by atoms with E-state index in [2.05, 4.69) is 5.43 Å². The largest absolute Gasteiger partial charge is 0.496 e. The zero-order chi connectivity index (χ0) is 12.6. The fourth-order valence-electron chi connectivity index (χ4n) is 2.42. The molecule has 92 valence electrons. The van der Waals surface area contributed by atoms with Crippen LogP contribution in [0.25, 0.3) is 0 Å². The van der Waals surface area contributed by atoms with Gasteiger partial charge < -0.3 is 4.74 Å². The van der Waals surface area contributed by atoms with Gasteiger partial charge in [-0.1, -0.05) is 6.07 Å². The topological polar surface area (TPSA) is 64.3 Å². The monoisotopic (exact) mass is 234 g/mol. The lowest BCUT2D eigenvalue weighted by molar-refractivity contribution is -0.123. The van der Waals surface area contributed by atoms with Crippen molar-refractivity contribution in [1.29, 1.82) is 0 Å². The van der Waals surface area contributed by atoms with E-state index in [0.29, 0.717) is 0 Å². The number of amides is 1. The molecule has 1 aliphatic rings. The molecule has 0 radical (unpaired) electrons. The third kappa shape index (κ3) is 1.69. The first kappa shape index (κ1) is 11.9. The van der Waals surface area contributed by atoms with E-state index in [9.17, 15) is 4.79 Å². The van der Waals surface area contributed by atoms with E-state index >= 15 is 0 Å². The third-order valence-electron chi connectivity index (χ3n) is 3.79. The molecular formula is C13H18N2O2. The summed E-state index contributed by atoms with van der Waals surface area (Å²) in [6, 6.07) is 3.89. The minimum atomic E-state index is -0.407. The number of hydrazine groups is 1. The zero-order valence-corrected chi connectivity index (χ0v) is 10.5. The van der Waals surface area contributed by atoms with Crippen LogP contribution >= 0.6 is 0 Å². The molecule has 1 saturated carbocycles. The molecule has 0 aliphatic heterocycles. The van der Waals surface area contributed by atoms with Gasteiger partial charge in [-0.05, 0) is 49.4 Å². The lowest BCUT2D eigenvalue weighted by atomic mass is 9.88. The second-order valence-corrected chi connectivity index (χ2v) is 4.62. The van der Waals surface area contributed by atoms with Gasteiger partial charge in [0.25, 0.3) is 0 Å². The number of ether oxygens (including phenoxy) is 1. The van der Waals surface area contributed by atoms with Gasteiger partial charge in [-0.15, -0.1) is 0 Å². The number of rotatable bonds is 3. The van der Waals surface area contributed by atoms with Crippen LogP contribution in [0.5, 0.6) is 5.75 Å². The van der Waals surface area contributed by atoms with Crippen molar-refractivity contribution in [2.24, 2.45) is 5.84 Å². The minimum Gasteiger partial charge on any atom is -0.496 e. The maximum atomic E-state index is 11.8. The number of nitrogens with one attached hydrogen (secondary N) is 1. The Morgan fingerprint density at radius 1 is 1.35 bits per heavy atom. The molecule has 17 heavy (non-hydrogen) atoms. The van der Waals surface area contributed by atoms with Crippen LogP contribution < -0.4 is 16.0 Å². The number of benzene rings is 1. The summed E-state index contributed by atoms with van der Waals surface area (Å²) in [7, 11) is 1.65. The Labute approximate surface area is 101 Å². The second kappa shape index (κ2) is 4.04. The van der Waals surface area contributed by atoms with Crippen LogP contribution in [0, 0.1) is 13.8 Å². The molecule has 1 aromatic carbocycles. The van der Waals surface area contributed by atoms with E-state index < -0.39 is 5.41 Å². The van der Waals surface area contributed by atoms with Gasteiger partial charge in [0, 0.05) is 0 Å². The summed E-state index contributed by atoms with van der Waals surface area (Å²) in [6.45, 7) is 4.03. The molecule has 1 aromatic rings. The number of carbonyl (C=O) groups excluding carboxylic acids is 1. The first-order valence-electron chi connectivity index (χ1n) is 5.72.